The molecule has 0 fully saturated rings. The Labute approximate surface area is 120 Å². The van der Waals surface area contributed by atoms with Crippen molar-refractivity contribution < 1.29 is 4.74 Å². The van der Waals surface area contributed by atoms with Crippen molar-refractivity contribution in [3.05, 3.63) is 49.6 Å². The van der Waals surface area contributed by atoms with Gasteiger partial charge in [0.05, 0.1) is 10.0 Å². The Hall–Kier alpha value is -0.740. The lowest BCUT2D eigenvalue weighted by Crippen LogP contribution is -1.96. The number of nitrogens with two attached hydrogens (primary N) is 1. The molecule has 0 saturated carbocycles. The summed E-state index contributed by atoms with van der Waals surface area (Å²) in [5.74, 6) is 0.712. The molecule has 2 N–H and O–H groups in total. The molecule has 0 radical (unpaired) electrons. The highest BCUT2D eigenvalue weighted by atomic mass is 35.5. The van der Waals surface area contributed by atoms with Crippen LogP contribution < -0.4 is 10.5 Å². The van der Waals surface area contributed by atoms with Crippen molar-refractivity contribution in [3.63, 3.8) is 0 Å². The smallest absolute Gasteiger partial charge is 0.121 e. The van der Waals surface area contributed by atoms with Gasteiger partial charge in [-0.25, -0.2) is 0 Å². The molecule has 0 aliphatic carbocycles. The topological polar surface area (TPSA) is 35.2 Å². The lowest BCUT2D eigenvalue weighted by molar-refractivity contribution is 0.306. The average Bonchev–Trinajstić information content (AvgIpc) is 2.72. The summed E-state index contributed by atoms with van der Waals surface area (Å²) in [6.07, 6.45) is 0. The molecule has 2 nitrogen and oxygen atoms in total. The normalized spacial score (nSPS) is 10.7. The van der Waals surface area contributed by atoms with Gasteiger partial charge < -0.3 is 10.5 Å². The molecule has 0 aliphatic heterocycles. The van der Waals surface area contributed by atoms with Crippen LogP contribution in [0.15, 0.2) is 24.3 Å². The molecule has 0 atom stereocenters. The number of hydrogen-bond acceptors (Lipinski definition) is 3. The Morgan fingerprint density at radius 3 is 2.61 bits per heavy atom. The number of hydrogen-bond donors (Lipinski definition) is 1. The van der Waals surface area contributed by atoms with Crippen molar-refractivity contribution >= 4 is 34.5 Å². The minimum Gasteiger partial charge on any atom is -0.489 e. The molecular weight excluding hydrogens is 289 g/mol. The van der Waals surface area contributed by atoms with Gasteiger partial charge in [-0.1, -0.05) is 23.2 Å². The van der Waals surface area contributed by atoms with Gasteiger partial charge in [0, 0.05) is 27.9 Å². The van der Waals surface area contributed by atoms with Gasteiger partial charge in [-0.05, 0) is 25.1 Å². The van der Waals surface area contributed by atoms with Crippen molar-refractivity contribution in [2.75, 3.05) is 0 Å². The Morgan fingerprint density at radius 2 is 2.00 bits per heavy atom. The molecule has 18 heavy (non-hydrogen) atoms. The van der Waals surface area contributed by atoms with Gasteiger partial charge in [0.1, 0.15) is 12.4 Å². The largest absolute Gasteiger partial charge is 0.489 e. The summed E-state index contributed by atoms with van der Waals surface area (Å²) in [6.45, 7) is 3.15. The number of benzene rings is 1. The van der Waals surface area contributed by atoms with Crippen LogP contribution in [0.4, 0.5) is 0 Å². The van der Waals surface area contributed by atoms with Gasteiger partial charge in [0.25, 0.3) is 0 Å². The molecule has 5 heteroatoms. The number of rotatable bonds is 4. The molecule has 0 unspecified atom stereocenters. The Morgan fingerprint density at radius 1 is 1.22 bits per heavy atom. The monoisotopic (exact) mass is 301 g/mol. The fourth-order valence-electron chi connectivity index (χ4n) is 1.56. The first kappa shape index (κ1) is 13.7. The molecule has 0 spiro atoms. The van der Waals surface area contributed by atoms with Crippen LogP contribution in [0.25, 0.3) is 0 Å². The minimum atomic E-state index is 0.499. The highest BCUT2D eigenvalue weighted by molar-refractivity contribution is 7.12. The van der Waals surface area contributed by atoms with Gasteiger partial charge in [-0.15, -0.1) is 11.3 Å². The zero-order valence-corrected chi connectivity index (χ0v) is 12.2. The summed E-state index contributed by atoms with van der Waals surface area (Å²) >= 11 is 13.5. The molecule has 1 heterocycles. The molecule has 2 aromatic rings. The van der Waals surface area contributed by atoms with E-state index in [0.717, 1.165) is 5.56 Å². The van der Waals surface area contributed by atoms with E-state index in [1.165, 1.54) is 9.75 Å². The summed E-state index contributed by atoms with van der Waals surface area (Å²) in [4.78, 5) is 2.40. The Balaban J connectivity index is 2.06. The van der Waals surface area contributed by atoms with Crippen LogP contribution in [-0.2, 0) is 13.2 Å². The molecular formula is C13H13Cl2NOS. The molecule has 1 aromatic carbocycles. The summed E-state index contributed by atoms with van der Waals surface area (Å²) in [6, 6.07) is 7.33. The van der Waals surface area contributed by atoms with E-state index < -0.39 is 0 Å². The lowest BCUT2D eigenvalue weighted by atomic mass is 10.2. The lowest BCUT2D eigenvalue weighted by Gasteiger charge is -2.06. The summed E-state index contributed by atoms with van der Waals surface area (Å²) in [5, 5.41) is 1.03. The quantitative estimate of drug-likeness (QED) is 0.908. The number of halogens is 2. The molecule has 0 saturated heterocycles. The van der Waals surface area contributed by atoms with Crippen molar-refractivity contribution in [1.29, 1.82) is 0 Å². The first-order valence-corrected chi connectivity index (χ1v) is 7.03. The second kappa shape index (κ2) is 5.93. The molecule has 1 aromatic heterocycles. The second-order valence-corrected chi connectivity index (χ2v) is 6.02. The predicted molar refractivity (Wildman–Crippen MR) is 77.7 cm³/mol. The van der Waals surface area contributed by atoms with Crippen LogP contribution in [0.3, 0.4) is 0 Å². The average molecular weight is 302 g/mol. The highest BCUT2D eigenvalue weighted by Crippen LogP contribution is 2.28. The van der Waals surface area contributed by atoms with Gasteiger partial charge in [-0.3, -0.25) is 0 Å². The van der Waals surface area contributed by atoms with Gasteiger partial charge in [0.15, 0.2) is 0 Å². The molecule has 2 rings (SSSR count). The van der Waals surface area contributed by atoms with E-state index in [1.54, 1.807) is 29.5 Å². The van der Waals surface area contributed by atoms with Gasteiger partial charge in [0.2, 0.25) is 0 Å². The second-order valence-electron chi connectivity index (χ2n) is 3.86. The van der Waals surface area contributed by atoms with Crippen LogP contribution in [0.1, 0.15) is 15.3 Å². The molecule has 0 aliphatic rings. The zero-order valence-electron chi connectivity index (χ0n) is 9.87. The van der Waals surface area contributed by atoms with E-state index in [4.69, 9.17) is 33.7 Å². The van der Waals surface area contributed by atoms with E-state index in [-0.39, 0.29) is 0 Å². The Bertz CT molecular complexity index is 554. The third kappa shape index (κ3) is 3.18. The van der Waals surface area contributed by atoms with Crippen LogP contribution in [0.5, 0.6) is 5.75 Å². The summed E-state index contributed by atoms with van der Waals surface area (Å²) in [7, 11) is 0. The fraction of sp³-hybridized carbons (Fsp3) is 0.231. The Kier molecular flexibility index (Phi) is 4.51. The molecule has 96 valence electrons. The summed E-state index contributed by atoms with van der Waals surface area (Å²) < 4.78 is 5.69. The van der Waals surface area contributed by atoms with Gasteiger partial charge in [-0.2, -0.15) is 0 Å². The van der Waals surface area contributed by atoms with Crippen molar-refractivity contribution in [3.8, 4) is 5.75 Å². The third-order valence-corrected chi connectivity index (χ3v) is 4.41. The van der Waals surface area contributed by atoms with Crippen molar-refractivity contribution in [2.24, 2.45) is 5.73 Å². The number of ether oxygens (including phenoxy) is 1. The third-order valence-electron chi connectivity index (χ3n) is 2.56. The number of aryl methyl sites for hydroxylation is 1. The fourth-order valence-corrected chi connectivity index (χ4v) is 2.77. The standard InChI is InChI=1S/C13H13Cl2NOS/c1-8-9(4-11(6-16)18-8)7-17-10-2-3-12(14)13(15)5-10/h2-5H,6-7,16H2,1H3. The maximum atomic E-state index is 5.93. The first-order chi connectivity index (χ1) is 8.60. The van der Waals surface area contributed by atoms with E-state index in [1.807, 2.05) is 0 Å². The zero-order chi connectivity index (χ0) is 13.1. The van der Waals surface area contributed by atoms with Crippen molar-refractivity contribution in [2.45, 2.75) is 20.1 Å². The van der Waals surface area contributed by atoms with E-state index in [0.29, 0.717) is 28.9 Å². The first-order valence-electron chi connectivity index (χ1n) is 5.46. The summed E-state index contributed by atoms with van der Waals surface area (Å²) in [5.41, 5.74) is 6.77. The van der Waals surface area contributed by atoms with Crippen LogP contribution >= 0.6 is 34.5 Å². The number of thiophene rings is 1. The predicted octanol–water partition coefficient (Wildman–Crippen LogP) is 4.40. The van der Waals surface area contributed by atoms with E-state index >= 15 is 0 Å². The van der Waals surface area contributed by atoms with Crippen LogP contribution in [-0.4, -0.2) is 0 Å². The maximum absolute atomic E-state index is 5.93. The highest BCUT2D eigenvalue weighted by Gasteiger charge is 2.06. The van der Waals surface area contributed by atoms with Crippen LogP contribution in [0, 0.1) is 6.92 Å². The van der Waals surface area contributed by atoms with Gasteiger partial charge >= 0.3 is 0 Å². The van der Waals surface area contributed by atoms with E-state index in [9.17, 15) is 0 Å². The molecule has 0 amide bonds. The maximum Gasteiger partial charge on any atom is 0.121 e. The minimum absolute atomic E-state index is 0.499. The van der Waals surface area contributed by atoms with E-state index in [2.05, 4.69) is 13.0 Å². The molecule has 0 bridgehead atoms. The SMILES string of the molecule is Cc1sc(CN)cc1COc1ccc(Cl)c(Cl)c1. The van der Waals surface area contributed by atoms with Crippen molar-refractivity contribution in [1.82, 2.24) is 0 Å². The van der Waals surface area contributed by atoms with Crippen LogP contribution in [0.2, 0.25) is 10.0 Å².